The second kappa shape index (κ2) is 7.25. The summed E-state index contributed by atoms with van der Waals surface area (Å²) < 4.78 is 6.46. The summed E-state index contributed by atoms with van der Waals surface area (Å²) >= 11 is 0. The van der Waals surface area contributed by atoms with Gasteiger partial charge in [-0.3, -0.25) is 0 Å². The summed E-state index contributed by atoms with van der Waals surface area (Å²) in [7, 11) is 0. The number of ether oxygens (including phenoxy) is 1. The molecule has 3 heteroatoms. The monoisotopic (exact) mass is 340 g/mol. The summed E-state index contributed by atoms with van der Waals surface area (Å²) in [5.74, 6) is 0. The van der Waals surface area contributed by atoms with Crippen LogP contribution in [-0.4, -0.2) is 5.60 Å². The Morgan fingerprint density at radius 1 is 1.00 bits per heavy atom. The third-order valence-corrected chi connectivity index (χ3v) is 5.57. The number of hydrogen-bond acceptors (Lipinski definition) is 3. The van der Waals surface area contributed by atoms with Crippen molar-refractivity contribution in [2.24, 2.45) is 5.73 Å². The number of rotatable bonds is 9. The minimum Gasteiger partial charge on any atom is -0.399 e. The number of nitrogens with two attached hydrogens (primary N) is 2. The first-order chi connectivity index (χ1) is 12.1. The fourth-order valence-corrected chi connectivity index (χ4v) is 4.17. The van der Waals surface area contributed by atoms with Crippen LogP contribution in [-0.2, 0) is 16.8 Å². The quantitative estimate of drug-likeness (QED) is 0.379. The van der Waals surface area contributed by atoms with Crippen molar-refractivity contribution >= 4 is 5.69 Å². The second-order valence-corrected chi connectivity index (χ2v) is 7.54. The van der Waals surface area contributed by atoms with E-state index in [4.69, 9.17) is 16.2 Å². The van der Waals surface area contributed by atoms with Crippen LogP contribution in [0.15, 0.2) is 42.1 Å². The molecular weight excluding hydrogens is 308 g/mol. The van der Waals surface area contributed by atoms with Crippen molar-refractivity contribution in [3.05, 3.63) is 53.3 Å². The number of anilines is 1. The molecule has 2 unspecified atom stereocenters. The SMILES string of the molecule is CCCCCc1cc(N)ccc1C12C=CC(N)=CC1(CCCCC)O2. The molecule has 0 bridgehead atoms. The Kier molecular flexibility index (Phi) is 5.24. The molecule has 3 nitrogen and oxygen atoms in total. The van der Waals surface area contributed by atoms with Crippen LogP contribution in [0.1, 0.15) is 69.9 Å². The Morgan fingerprint density at radius 3 is 2.52 bits per heavy atom. The van der Waals surface area contributed by atoms with Gasteiger partial charge in [0.05, 0.1) is 0 Å². The van der Waals surface area contributed by atoms with Crippen LogP contribution in [0, 0.1) is 0 Å². The summed E-state index contributed by atoms with van der Waals surface area (Å²) in [6.07, 6.45) is 15.6. The van der Waals surface area contributed by atoms with Crippen LogP contribution >= 0.6 is 0 Å². The predicted octanol–water partition coefficient (Wildman–Crippen LogP) is 4.96. The van der Waals surface area contributed by atoms with Crippen LogP contribution in [0.25, 0.3) is 0 Å². The van der Waals surface area contributed by atoms with E-state index in [9.17, 15) is 0 Å². The first-order valence-electron chi connectivity index (χ1n) is 9.83. The average Bonchev–Trinajstić information content (AvgIpc) is 3.24. The lowest BCUT2D eigenvalue weighted by Gasteiger charge is -2.22. The van der Waals surface area contributed by atoms with Crippen LogP contribution in [0.3, 0.4) is 0 Å². The zero-order valence-corrected chi connectivity index (χ0v) is 15.7. The zero-order valence-electron chi connectivity index (χ0n) is 15.7. The molecule has 136 valence electrons. The minimum atomic E-state index is -0.348. The highest BCUT2D eigenvalue weighted by Gasteiger charge is 2.69. The van der Waals surface area contributed by atoms with Crippen molar-refractivity contribution in [2.75, 3.05) is 5.73 Å². The number of epoxide rings is 1. The van der Waals surface area contributed by atoms with E-state index in [0.717, 1.165) is 30.6 Å². The highest BCUT2D eigenvalue weighted by molar-refractivity contribution is 5.55. The number of unbranched alkanes of at least 4 members (excludes halogenated alkanes) is 4. The van der Waals surface area contributed by atoms with Gasteiger partial charge in [-0.25, -0.2) is 0 Å². The van der Waals surface area contributed by atoms with Crippen LogP contribution < -0.4 is 11.5 Å². The van der Waals surface area contributed by atoms with E-state index in [1.54, 1.807) is 0 Å². The summed E-state index contributed by atoms with van der Waals surface area (Å²) in [4.78, 5) is 0. The fourth-order valence-electron chi connectivity index (χ4n) is 4.17. The van der Waals surface area contributed by atoms with Gasteiger partial charge in [0.25, 0.3) is 0 Å². The molecule has 0 amide bonds. The third kappa shape index (κ3) is 3.35. The molecule has 0 radical (unpaired) electrons. The number of benzene rings is 1. The van der Waals surface area contributed by atoms with E-state index in [2.05, 4.69) is 38.1 Å². The van der Waals surface area contributed by atoms with Gasteiger partial charge >= 0.3 is 0 Å². The van der Waals surface area contributed by atoms with Gasteiger partial charge in [-0.05, 0) is 60.8 Å². The van der Waals surface area contributed by atoms with Gasteiger partial charge in [-0.1, -0.05) is 52.0 Å². The van der Waals surface area contributed by atoms with Crippen molar-refractivity contribution in [1.82, 2.24) is 0 Å². The standard InChI is InChI=1S/C22H32N2O/c1-3-5-7-9-17-15-18(23)10-11-20(17)22-14-12-19(24)16-21(22,25-22)13-8-6-4-2/h10-12,14-16H,3-9,13,23-24H2,1-2H3. The summed E-state index contributed by atoms with van der Waals surface area (Å²) in [5.41, 5.74) is 15.8. The average molecular weight is 341 g/mol. The molecular formula is C22H32N2O. The lowest BCUT2D eigenvalue weighted by Crippen LogP contribution is -2.26. The van der Waals surface area contributed by atoms with Gasteiger partial charge in [-0.15, -0.1) is 0 Å². The molecule has 1 heterocycles. The molecule has 1 aromatic carbocycles. The van der Waals surface area contributed by atoms with Crippen molar-refractivity contribution in [1.29, 1.82) is 0 Å². The Morgan fingerprint density at radius 2 is 1.76 bits per heavy atom. The third-order valence-electron chi connectivity index (χ3n) is 5.57. The lowest BCUT2D eigenvalue weighted by atomic mass is 9.77. The van der Waals surface area contributed by atoms with Gasteiger partial charge < -0.3 is 16.2 Å². The predicted molar refractivity (Wildman–Crippen MR) is 105 cm³/mol. The first-order valence-corrected chi connectivity index (χ1v) is 9.83. The van der Waals surface area contributed by atoms with Crippen molar-refractivity contribution in [2.45, 2.75) is 76.4 Å². The van der Waals surface area contributed by atoms with E-state index in [-0.39, 0.29) is 11.2 Å². The highest BCUT2D eigenvalue weighted by Crippen LogP contribution is 2.63. The van der Waals surface area contributed by atoms with Crippen LogP contribution in [0.5, 0.6) is 0 Å². The zero-order chi connectivity index (χ0) is 17.9. The molecule has 0 aromatic heterocycles. The van der Waals surface area contributed by atoms with E-state index >= 15 is 0 Å². The molecule has 1 aliphatic heterocycles. The molecule has 1 saturated heterocycles. The molecule has 25 heavy (non-hydrogen) atoms. The smallest absolute Gasteiger partial charge is 0.146 e. The lowest BCUT2D eigenvalue weighted by molar-refractivity contribution is 0.295. The van der Waals surface area contributed by atoms with Crippen molar-refractivity contribution in [3.63, 3.8) is 0 Å². The number of nitrogen functional groups attached to an aromatic ring is 1. The van der Waals surface area contributed by atoms with Gasteiger partial charge in [-0.2, -0.15) is 0 Å². The molecule has 2 aliphatic rings. The molecule has 1 aliphatic carbocycles. The van der Waals surface area contributed by atoms with Gasteiger partial charge in [0.1, 0.15) is 11.2 Å². The van der Waals surface area contributed by atoms with E-state index in [1.807, 2.05) is 12.1 Å². The molecule has 2 atom stereocenters. The maximum absolute atomic E-state index is 6.46. The van der Waals surface area contributed by atoms with Gasteiger partial charge in [0.2, 0.25) is 0 Å². The molecule has 0 saturated carbocycles. The molecule has 3 rings (SSSR count). The van der Waals surface area contributed by atoms with E-state index in [0.29, 0.717) is 0 Å². The second-order valence-electron chi connectivity index (χ2n) is 7.54. The largest absolute Gasteiger partial charge is 0.399 e. The molecule has 4 N–H and O–H groups in total. The molecule has 1 fully saturated rings. The van der Waals surface area contributed by atoms with Crippen LogP contribution in [0.2, 0.25) is 0 Å². The van der Waals surface area contributed by atoms with Crippen molar-refractivity contribution < 1.29 is 4.74 Å². The highest BCUT2D eigenvalue weighted by atomic mass is 16.6. The molecule has 1 aromatic rings. The Labute approximate surface area is 152 Å². The minimum absolute atomic E-state index is 0.267. The fraction of sp³-hybridized carbons (Fsp3) is 0.545. The van der Waals surface area contributed by atoms with E-state index in [1.165, 1.54) is 43.2 Å². The maximum atomic E-state index is 6.46. The van der Waals surface area contributed by atoms with Gasteiger partial charge in [0, 0.05) is 11.4 Å². The summed E-state index contributed by atoms with van der Waals surface area (Å²) in [6.45, 7) is 4.47. The van der Waals surface area contributed by atoms with E-state index < -0.39 is 0 Å². The van der Waals surface area contributed by atoms with Crippen molar-refractivity contribution in [3.8, 4) is 0 Å². The Bertz CT molecular complexity index is 679. The normalized spacial score (nSPS) is 27.0. The number of allylic oxidation sites excluding steroid dienone is 1. The number of fused-ring (bicyclic) bond motifs is 1. The Hall–Kier alpha value is -1.74. The topological polar surface area (TPSA) is 64.6 Å². The van der Waals surface area contributed by atoms with Gasteiger partial charge in [0.15, 0.2) is 0 Å². The Balaban J connectivity index is 1.91. The summed E-state index contributed by atoms with van der Waals surface area (Å²) in [6, 6.07) is 6.30. The first kappa shape index (κ1) is 18.1. The summed E-state index contributed by atoms with van der Waals surface area (Å²) in [5, 5.41) is 0. The number of aryl methyl sites for hydroxylation is 1. The molecule has 0 spiro atoms. The van der Waals surface area contributed by atoms with Crippen LogP contribution in [0.4, 0.5) is 5.69 Å². The number of hydrogen-bond donors (Lipinski definition) is 2. The maximum Gasteiger partial charge on any atom is 0.146 e.